The Morgan fingerprint density at radius 2 is 2.00 bits per heavy atom. The lowest BCUT2D eigenvalue weighted by Gasteiger charge is -2.35. The van der Waals surface area contributed by atoms with Crippen LogP contribution < -0.4 is 5.32 Å². The number of nitrogens with zero attached hydrogens (tertiary/aromatic N) is 2. The maximum Gasteiger partial charge on any atom is 0.236 e. The van der Waals surface area contributed by atoms with Gasteiger partial charge >= 0.3 is 0 Å². The topological polar surface area (TPSA) is 52.7 Å². The van der Waals surface area contributed by atoms with Gasteiger partial charge in [0.2, 0.25) is 11.8 Å². The number of carbonyl (C=O) groups excluding carboxylic acids is 2. The van der Waals surface area contributed by atoms with Crippen LogP contribution in [-0.4, -0.2) is 47.8 Å². The van der Waals surface area contributed by atoms with Crippen molar-refractivity contribution in [1.29, 1.82) is 0 Å². The molecule has 2 rings (SSSR count). The first-order valence-corrected chi connectivity index (χ1v) is 7.81. The summed E-state index contributed by atoms with van der Waals surface area (Å²) in [6.07, 6.45) is 0. The first-order chi connectivity index (χ1) is 10.5. The molecule has 0 atom stereocenters. The Balaban J connectivity index is 1.98. The van der Waals surface area contributed by atoms with E-state index in [1.807, 2.05) is 29.2 Å². The third kappa shape index (κ3) is 4.56. The van der Waals surface area contributed by atoms with Crippen molar-refractivity contribution in [2.24, 2.45) is 5.92 Å². The van der Waals surface area contributed by atoms with Gasteiger partial charge in [-0.05, 0) is 17.5 Å². The van der Waals surface area contributed by atoms with Gasteiger partial charge in [-0.1, -0.05) is 32.0 Å². The number of hydrogen-bond donors (Lipinski definition) is 1. The summed E-state index contributed by atoms with van der Waals surface area (Å²) in [6, 6.07) is 7.75. The molecule has 1 aliphatic heterocycles. The Bertz CT molecular complexity index is 542. The summed E-state index contributed by atoms with van der Waals surface area (Å²) >= 11 is 0. The highest BCUT2D eigenvalue weighted by atomic mass is 16.2. The molecule has 0 unspecified atom stereocenters. The van der Waals surface area contributed by atoms with Crippen LogP contribution in [0.4, 0.5) is 5.69 Å². The Kier molecular flexibility index (Phi) is 5.55. The molecule has 0 bridgehead atoms. The van der Waals surface area contributed by atoms with Crippen molar-refractivity contribution >= 4 is 17.5 Å². The third-order valence-corrected chi connectivity index (χ3v) is 3.71. The van der Waals surface area contributed by atoms with Crippen molar-refractivity contribution in [1.82, 2.24) is 9.80 Å². The highest BCUT2D eigenvalue weighted by Crippen LogP contribution is 2.18. The van der Waals surface area contributed by atoms with E-state index in [1.165, 1.54) is 6.92 Å². The second-order valence-electron chi connectivity index (χ2n) is 6.28. The quantitative estimate of drug-likeness (QED) is 0.904. The van der Waals surface area contributed by atoms with Gasteiger partial charge in [0, 0.05) is 38.8 Å². The Labute approximate surface area is 132 Å². The Morgan fingerprint density at radius 1 is 1.27 bits per heavy atom. The normalized spacial score (nSPS) is 16.2. The van der Waals surface area contributed by atoms with Gasteiger partial charge in [-0.15, -0.1) is 0 Å². The van der Waals surface area contributed by atoms with E-state index in [2.05, 4.69) is 24.1 Å². The molecule has 2 amide bonds. The molecule has 1 N–H and O–H groups in total. The second-order valence-corrected chi connectivity index (χ2v) is 6.28. The molecule has 1 heterocycles. The summed E-state index contributed by atoms with van der Waals surface area (Å²) in [6.45, 7) is 9.36. The number of hydrogen-bond acceptors (Lipinski definition) is 3. The smallest absolute Gasteiger partial charge is 0.236 e. The molecular formula is C17H25N3O2. The number of amides is 2. The average molecular weight is 303 g/mol. The molecule has 120 valence electrons. The summed E-state index contributed by atoms with van der Waals surface area (Å²) in [5.74, 6) is 0.609. The largest absolute Gasteiger partial charge is 0.340 e. The zero-order chi connectivity index (χ0) is 16.1. The molecule has 1 fully saturated rings. The third-order valence-electron chi connectivity index (χ3n) is 3.71. The zero-order valence-corrected chi connectivity index (χ0v) is 13.6. The summed E-state index contributed by atoms with van der Waals surface area (Å²) in [5, 5.41) is 2.85. The zero-order valence-electron chi connectivity index (χ0n) is 13.6. The van der Waals surface area contributed by atoms with Gasteiger partial charge in [-0.25, -0.2) is 0 Å². The molecule has 0 saturated carbocycles. The van der Waals surface area contributed by atoms with Crippen molar-refractivity contribution in [3.63, 3.8) is 0 Å². The molecule has 22 heavy (non-hydrogen) atoms. The molecule has 1 aliphatic rings. The van der Waals surface area contributed by atoms with Gasteiger partial charge in [0.25, 0.3) is 0 Å². The molecule has 1 saturated heterocycles. The summed E-state index contributed by atoms with van der Waals surface area (Å²) in [7, 11) is 0. The van der Waals surface area contributed by atoms with Gasteiger partial charge in [0.05, 0.1) is 6.54 Å². The number of carbonyl (C=O) groups is 2. The predicted octanol–water partition coefficient (Wildman–Crippen LogP) is 1.95. The minimum atomic E-state index is -0.0784. The maximum absolute atomic E-state index is 12.2. The van der Waals surface area contributed by atoms with Crippen molar-refractivity contribution in [3.8, 4) is 0 Å². The van der Waals surface area contributed by atoms with Gasteiger partial charge < -0.3 is 10.2 Å². The van der Waals surface area contributed by atoms with E-state index in [1.54, 1.807) is 0 Å². The van der Waals surface area contributed by atoms with Crippen LogP contribution in [0.2, 0.25) is 0 Å². The van der Waals surface area contributed by atoms with E-state index in [0.717, 1.165) is 30.9 Å². The highest BCUT2D eigenvalue weighted by Gasteiger charge is 2.24. The second kappa shape index (κ2) is 7.40. The lowest BCUT2D eigenvalue weighted by Crippen LogP contribution is -2.50. The van der Waals surface area contributed by atoms with Crippen LogP contribution in [0.1, 0.15) is 26.3 Å². The van der Waals surface area contributed by atoms with E-state index in [-0.39, 0.29) is 11.8 Å². The van der Waals surface area contributed by atoms with Crippen molar-refractivity contribution in [3.05, 3.63) is 29.8 Å². The summed E-state index contributed by atoms with van der Waals surface area (Å²) in [4.78, 5) is 27.6. The van der Waals surface area contributed by atoms with Gasteiger partial charge in [-0.2, -0.15) is 0 Å². The summed E-state index contributed by atoms with van der Waals surface area (Å²) < 4.78 is 0. The first kappa shape index (κ1) is 16.5. The molecule has 0 aliphatic carbocycles. The van der Waals surface area contributed by atoms with E-state index in [0.29, 0.717) is 19.0 Å². The first-order valence-electron chi connectivity index (χ1n) is 7.81. The predicted molar refractivity (Wildman–Crippen MR) is 87.4 cm³/mol. The lowest BCUT2D eigenvalue weighted by atomic mass is 10.1. The SMILES string of the molecule is CC(=O)Nc1ccccc1CN1CCN(CC(C)C)C(=O)C1. The van der Waals surface area contributed by atoms with Crippen LogP contribution in [-0.2, 0) is 16.1 Å². The molecule has 0 radical (unpaired) electrons. The van der Waals surface area contributed by atoms with E-state index < -0.39 is 0 Å². The van der Waals surface area contributed by atoms with Crippen molar-refractivity contribution in [2.45, 2.75) is 27.3 Å². The molecular weight excluding hydrogens is 278 g/mol. The minimum Gasteiger partial charge on any atom is -0.340 e. The van der Waals surface area contributed by atoms with Gasteiger partial charge in [0.15, 0.2) is 0 Å². The molecule has 0 aromatic heterocycles. The lowest BCUT2D eigenvalue weighted by molar-refractivity contribution is -0.136. The average Bonchev–Trinajstić information content (AvgIpc) is 2.43. The van der Waals surface area contributed by atoms with Crippen LogP contribution in [0.3, 0.4) is 0 Å². The van der Waals surface area contributed by atoms with Gasteiger partial charge in [-0.3, -0.25) is 14.5 Å². The molecule has 5 heteroatoms. The molecule has 1 aromatic rings. The number of anilines is 1. The van der Waals surface area contributed by atoms with Crippen LogP contribution in [0.15, 0.2) is 24.3 Å². The number of nitrogens with one attached hydrogen (secondary N) is 1. The van der Waals surface area contributed by atoms with E-state index in [4.69, 9.17) is 0 Å². The number of para-hydroxylation sites is 1. The maximum atomic E-state index is 12.2. The Morgan fingerprint density at radius 3 is 2.64 bits per heavy atom. The Hall–Kier alpha value is -1.88. The van der Waals surface area contributed by atoms with Crippen molar-refractivity contribution < 1.29 is 9.59 Å². The van der Waals surface area contributed by atoms with Crippen LogP contribution in [0.25, 0.3) is 0 Å². The summed E-state index contributed by atoms with van der Waals surface area (Å²) in [5.41, 5.74) is 1.87. The fourth-order valence-electron chi connectivity index (χ4n) is 2.74. The van der Waals surface area contributed by atoms with Gasteiger partial charge in [0.1, 0.15) is 0 Å². The van der Waals surface area contributed by atoms with E-state index >= 15 is 0 Å². The van der Waals surface area contributed by atoms with Crippen LogP contribution in [0.5, 0.6) is 0 Å². The monoisotopic (exact) mass is 303 g/mol. The van der Waals surface area contributed by atoms with Crippen molar-refractivity contribution in [2.75, 3.05) is 31.5 Å². The van der Waals surface area contributed by atoms with E-state index in [9.17, 15) is 9.59 Å². The molecule has 5 nitrogen and oxygen atoms in total. The fourth-order valence-corrected chi connectivity index (χ4v) is 2.74. The standard InChI is InChI=1S/C17H25N3O2/c1-13(2)10-20-9-8-19(12-17(20)22)11-15-6-4-5-7-16(15)18-14(3)21/h4-7,13H,8-12H2,1-3H3,(H,18,21). The number of benzene rings is 1. The molecule has 1 aromatic carbocycles. The van der Waals surface area contributed by atoms with Crippen LogP contribution in [0, 0.1) is 5.92 Å². The number of piperazine rings is 1. The molecule has 0 spiro atoms. The number of rotatable bonds is 5. The fraction of sp³-hybridized carbons (Fsp3) is 0.529. The highest BCUT2D eigenvalue weighted by molar-refractivity contribution is 5.89. The van der Waals surface area contributed by atoms with Crippen LogP contribution >= 0.6 is 0 Å². The minimum absolute atomic E-state index is 0.0784.